The Hall–Kier alpha value is -3.46. The van der Waals surface area contributed by atoms with Crippen LogP contribution in [0.25, 0.3) is 33.6 Å². The summed E-state index contributed by atoms with van der Waals surface area (Å²) in [6.45, 7) is 6.23. The van der Waals surface area contributed by atoms with Gasteiger partial charge in [-0.15, -0.1) is 71.8 Å². The molecule has 37 heavy (non-hydrogen) atoms. The van der Waals surface area contributed by atoms with Crippen LogP contribution >= 0.6 is 0 Å². The van der Waals surface area contributed by atoms with Crippen LogP contribution in [0.15, 0.2) is 103 Å². The molecule has 0 unspecified atom stereocenters. The molecule has 0 atom stereocenters. The minimum absolute atomic E-state index is 0. The summed E-state index contributed by atoms with van der Waals surface area (Å²) in [5.41, 5.74) is 7.82. The maximum absolute atomic E-state index is 13.9. The minimum atomic E-state index is -0.133. The summed E-state index contributed by atoms with van der Waals surface area (Å²) in [5, 5.41) is 0. The average Bonchev–Trinajstić information content (AvgIpc) is 2.92. The van der Waals surface area contributed by atoms with E-state index in [0.717, 1.165) is 45.6 Å². The fourth-order valence-corrected chi connectivity index (χ4v) is 3.81. The fraction of sp³-hybridized carbons (Fsp3) is 0.152. The molecule has 0 spiro atoms. The van der Waals surface area contributed by atoms with Crippen molar-refractivity contribution in [1.82, 2.24) is 9.97 Å². The molecule has 2 heterocycles. The van der Waals surface area contributed by atoms with Gasteiger partial charge in [-0.3, -0.25) is 0 Å². The number of hydrogen-bond acceptors (Lipinski definition) is 2. The summed E-state index contributed by atoms with van der Waals surface area (Å²) in [6, 6.07) is 35.3. The van der Waals surface area contributed by atoms with Crippen LogP contribution in [0.1, 0.15) is 25.0 Å². The summed E-state index contributed by atoms with van der Waals surface area (Å²) in [4.78, 5) is 8.83. The van der Waals surface area contributed by atoms with Crippen LogP contribution in [-0.2, 0) is 26.5 Å². The Bertz CT molecular complexity index is 1370. The van der Waals surface area contributed by atoms with Crippen molar-refractivity contribution in [1.29, 1.82) is 0 Å². The number of rotatable bonds is 5. The number of hydrogen-bond donors (Lipinski definition) is 0. The van der Waals surface area contributed by atoms with E-state index in [1.165, 1.54) is 5.56 Å². The maximum Gasteiger partial charge on any atom is 0.126 e. The van der Waals surface area contributed by atoms with Crippen LogP contribution < -0.4 is 0 Å². The van der Waals surface area contributed by atoms with Crippen molar-refractivity contribution in [3.63, 3.8) is 0 Å². The van der Waals surface area contributed by atoms with E-state index in [2.05, 4.69) is 42.0 Å². The number of nitrogens with zero attached hydrogens (tertiary/aromatic N) is 2. The summed E-state index contributed by atoms with van der Waals surface area (Å²) in [7, 11) is 0. The van der Waals surface area contributed by atoms with Gasteiger partial charge in [0.2, 0.25) is 0 Å². The molecule has 4 heteroatoms. The van der Waals surface area contributed by atoms with Crippen molar-refractivity contribution < 1.29 is 24.5 Å². The molecular weight excluding hydrogens is 636 g/mol. The molecule has 0 bridgehead atoms. The summed E-state index contributed by atoms with van der Waals surface area (Å²) in [6.07, 6.45) is 4.45. The standard InChI is InChI=1S/C21H19FN.C12H10N.Ir/c1-15(2)12-19-13-17(8-10-20(19)22)18-9-11-21(23-14-18)16-6-4-3-5-7-16;1-10-7-8-12(13-9-10)11-5-3-2-4-6-11;/h3-6,8-11,13-15H,12H2,1-2H3;2-5,7-9H,1H3;/q2*-1;. The first-order chi connectivity index (χ1) is 17.5. The molecule has 0 saturated heterocycles. The second-order valence-electron chi connectivity index (χ2n) is 9.11. The third-order valence-corrected chi connectivity index (χ3v) is 5.65. The van der Waals surface area contributed by atoms with Crippen molar-refractivity contribution in [3.05, 3.63) is 132 Å². The molecule has 3 aromatic carbocycles. The Morgan fingerprint density at radius 2 is 1.32 bits per heavy atom. The molecule has 2 aromatic heterocycles. The van der Waals surface area contributed by atoms with Crippen molar-refractivity contribution in [2.24, 2.45) is 5.92 Å². The molecule has 0 saturated carbocycles. The van der Waals surface area contributed by atoms with E-state index in [1.807, 2.05) is 98.2 Å². The van der Waals surface area contributed by atoms with Gasteiger partial charge in [-0.25, -0.2) is 4.39 Å². The van der Waals surface area contributed by atoms with Crippen LogP contribution in [-0.4, -0.2) is 9.97 Å². The van der Waals surface area contributed by atoms with E-state index in [-0.39, 0.29) is 25.9 Å². The molecule has 0 aliphatic rings. The topological polar surface area (TPSA) is 25.8 Å². The van der Waals surface area contributed by atoms with Gasteiger partial charge in [0.05, 0.1) is 0 Å². The zero-order valence-electron chi connectivity index (χ0n) is 21.2. The SMILES string of the molecule is CC(C)Cc1cc(-c2ccc(-c3[c-]cccc3)nc2)ccc1F.Cc1ccc(-c2[c-]cccc2)nc1.[Ir]. The number of halogens is 1. The van der Waals surface area contributed by atoms with E-state index in [0.29, 0.717) is 5.92 Å². The summed E-state index contributed by atoms with van der Waals surface area (Å²) in [5.74, 6) is 0.291. The Balaban J connectivity index is 0.000000231. The zero-order valence-corrected chi connectivity index (χ0v) is 23.6. The average molecular weight is 665 g/mol. The molecule has 1 radical (unpaired) electrons. The third-order valence-electron chi connectivity index (χ3n) is 5.65. The second kappa shape index (κ2) is 13.7. The van der Waals surface area contributed by atoms with Gasteiger partial charge in [-0.05, 0) is 65.0 Å². The number of aromatic nitrogens is 2. The maximum atomic E-state index is 13.9. The van der Waals surface area contributed by atoms with Crippen LogP contribution in [0.3, 0.4) is 0 Å². The smallest absolute Gasteiger partial charge is 0.126 e. The van der Waals surface area contributed by atoms with Crippen LogP contribution in [0, 0.1) is 30.8 Å². The zero-order chi connectivity index (χ0) is 25.3. The Morgan fingerprint density at radius 3 is 1.81 bits per heavy atom. The van der Waals surface area contributed by atoms with Gasteiger partial charge < -0.3 is 9.97 Å². The van der Waals surface area contributed by atoms with Gasteiger partial charge in [0.1, 0.15) is 5.82 Å². The Labute approximate surface area is 233 Å². The first kappa shape index (κ1) is 28.1. The van der Waals surface area contributed by atoms with E-state index < -0.39 is 0 Å². The van der Waals surface area contributed by atoms with Crippen molar-refractivity contribution >= 4 is 0 Å². The number of pyridine rings is 2. The minimum Gasteiger partial charge on any atom is -0.304 e. The number of benzene rings is 3. The van der Waals surface area contributed by atoms with Gasteiger partial charge in [-0.1, -0.05) is 44.2 Å². The third kappa shape index (κ3) is 8.01. The molecular formula is C33H29FIrN2-2. The summed E-state index contributed by atoms with van der Waals surface area (Å²) >= 11 is 0. The van der Waals surface area contributed by atoms with Gasteiger partial charge in [-0.2, -0.15) is 0 Å². The van der Waals surface area contributed by atoms with E-state index >= 15 is 0 Å². The van der Waals surface area contributed by atoms with Crippen LogP contribution in [0.5, 0.6) is 0 Å². The molecule has 0 aliphatic heterocycles. The molecule has 0 N–H and O–H groups in total. The second-order valence-corrected chi connectivity index (χ2v) is 9.11. The predicted octanol–water partition coefficient (Wildman–Crippen LogP) is 8.41. The molecule has 189 valence electrons. The molecule has 5 rings (SSSR count). The van der Waals surface area contributed by atoms with Gasteiger partial charge in [0.15, 0.2) is 0 Å². The predicted molar refractivity (Wildman–Crippen MR) is 146 cm³/mol. The molecule has 0 fully saturated rings. The van der Waals surface area contributed by atoms with E-state index in [9.17, 15) is 4.39 Å². The monoisotopic (exact) mass is 665 g/mol. The van der Waals surface area contributed by atoms with Crippen molar-refractivity contribution in [3.8, 4) is 33.6 Å². The molecule has 5 aromatic rings. The quantitative estimate of drug-likeness (QED) is 0.177. The van der Waals surface area contributed by atoms with Crippen molar-refractivity contribution in [2.75, 3.05) is 0 Å². The largest absolute Gasteiger partial charge is 0.304 e. The molecule has 0 amide bonds. The van der Waals surface area contributed by atoms with E-state index in [4.69, 9.17) is 0 Å². The van der Waals surface area contributed by atoms with Gasteiger partial charge in [0, 0.05) is 32.5 Å². The van der Waals surface area contributed by atoms with Gasteiger partial charge in [0.25, 0.3) is 0 Å². The first-order valence-electron chi connectivity index (χ1n) is 12.1. The van der Waals surface area contributed by atoms with Crippen LogP contribution in [0.4, 0.5) is 4.39 Å². The normalized spacial score (nSPS) is 10.3. The first-order valence-corrected chi connectivity index (χ1v) is 12.1. The Kier molecular flexibility index (Phi) is 10.4. The number of aryl methyl sites for hydroxylation is 1. The Morgan fingerprint density at radius 1 is 0.730 bits per heavy atom. The van der Waals surface area contributed by atoms with Crippen molar-refractivity contribution in [2.45, 2.75) is 27.2 Å². The molecule has 0 aliphatic carbocycles. The molecule has 2 nitrogen and oxygen atoms in total. The van der Waals surface area contributed by atoms with Gasteiger partial charge >= 0.3 is 0 Å². The van der Waals surface area contributed by atoms with Crippen LogP contribution in [0.2, 0.25) is 0 Å². The summed E-state index contributed by atoms with van der Waals surface area (Å²) < 4.78 is 13.9. The fourth-order valence-electron chi connectivity index (χ4n) is 3.81. The van der Waals surface area contributed by atoms with E-state index in [1.54, 1.807) is 6.07 Å².